The molecule has 108 valence electrons. The third kappa shape index (κ3) is 3.16. The van der Waals surface area contributed by atoms with Gasteiger partial charge in [0.05, 0.1) is 11.4 Å². The quantitative estimate of drug-likeness (QED) is 0.911. The average Bonchev–Trinajstić information content (AvgIpc) is 2.88. The summed E-state index contributed by atoms with van der Waals surface area (Å²) >= 11 is 0. The summed E-state index contributed by atoms with van der Waals surface area (Å²) in [7, 11) is 0. The van der Waals surface area contributed by atoms with Crippen molar-refractivity contribution in [3.63, 3.8) is 0 Å². The smallest absolute Gasteiger partial charge is 0.354 e. The summed E-state index contributed by atoms with van der Waals surface area (Å²) in [6, 6.07) is 3.39. The van der Waals surface area contributed by atoms with Crippen LogP contribution in [-0.2, 0) is 6.54 Å². The van der Waals surface area contributed by atoms with Crippen molar-refractivity contribution in [1.29, 1.82) is 0 Å². The van der Waals surface area contributed by atoms with E-state index in [1.54, 1.807) is 12.3 Å². The normalized spacial score (nSPS) is 15.2. The summed E-state index contributed by atoms with van der Waals surface area (Å²) < 4.78 is 1.99. The molecule has 1 aliphatic carbocycles. The molecule has 1 aliphatic rings. The molecule has 1 N–H and O–H groups in total. The second-order valence-electron chi connectivity index (χ2n) is 5.20. The Morgan fingerprint density at radius 1 is 1.38 bits per heavy atom. The standard InChI is InChI=1S/C15H16N4O2/c20-15(21)14-8-12(16-10-17-14)4-5-13-6-7-18-19(13)9-11-2-1-3-11/h4-8,10-11H,1-3,9H2,(H,20,21)/b5-4+. The Labute approximate surface area is 122 Å². The Balaban J connectivity index is 1.75. The zero-order chi connectivity index (χ0) is 14.7. The predicted octanol–water partition coefficient (Wildman–Crippen LogP) is 2.34. The molecule has 0 aliphatic heterocycles. The molecule has 6 heteroatoms. The van der Waals surface area contributed by atoms with Crippen molar-refractivity contribution in [3.05, 3.63) is 41.7 Å². The van der Waals surface area contributed by atoms with Gasteiger partial charge in [0.2, 0.25) is 0 Å². The highest BCUT2D eigenvalue weighted by atomic mass is 16.4. The first kappa shape index (κ1) is 13.5. The molecule has 0 saturated heterocycles. The molecule has 0 spiro atoms. The molecule has 2 heterocycles. The van der Waals surface area contributed by atoms with Crippen LogP contribution in [0.1, 0.15) is 41.1 Å². The zero-order valence-corrected chi connectivity index (χ0v) is 11.5. The number of carboxylic acids is 1. The van der Waals surface area contributed by atoms with Gasteiger partial charge in [-0.3, -0.25) is 4.68 Å². The van der Waals surface area contributed by atoms with Gasteiger partial charge < -0.3 is 5.11 Å². The molecule has 2 aromatic heterocycles. The van der Waals surface area contributed by atoms with Gasteiger partial charge in [0.25, 0.3) is 0 Å². The van der Waals surface area contributed by atoms with E-state index in [1.165, 1.54) is 31.7 Å². The van der Waals surface area contributed by atoms with Crippen LogP contribution in [0.25, 0.3) is 12.2 Å². The first-order valence-electron chi connectivity index (χ1n) is 6.97. The molecule has 0 radical (unpaired) electrons. The number of carboxylic acid groups (broad SMARTS) is 1. The molecule has 0 atom stereocenters. The fourth-order valence-corrected chi connectivity index (χ4v) is 2.31. The number of rotatable bonds is 5. The summed E-state index contributed by atoms with van der Waals surface area (Å²) in [5, 5.41) is 13.2. The lowest BCUT2D eigenvalue weighted by Gasteiger charge is -2.25. The molecule has 2 aromatic rings. The number of nitrogens with zero attached hydrogens (tertiary/aromatic N) is 4. The van der Waals surface area contributed by atoms with Crippen LogP contribution in [0.4, 0.5) is 0 Å². The van der Waals surface area contributed by atoms with E-state index >= 15 is 0 Å². The summed E-state index contributed by atoms with van der Waals surface area (Å²) in [5.74, 6) is -0.322. The molecule has 0 bridgehead atoms. The van der Waals surface area contributed by atoms with E-state index in [2.05, 4.69) is 15.1 Å². The minimum atomic E-state index is -1.05. The Bertz CT molecular complexity index is 674. The summed E-state index contributed by atoms with van der Waals surface area (Å²) in [4.78, 5) is 18.6. The third-order valence-electron chi connectivity index (χ3n) is 3.74. The Hall–Kier alpha value is -2.50. The van der Waals surface area contributed by atoms with E-state index in [-0.39, 0.29) is 5.69 Å². The van der Waals surface area contributed by atoms with Gasteiger partial charge in [-0.2, -0.15) is 5.10 Å². The first-order chi connectivity index (χ1) is 10.2. The molecule has 21 heavy (non-hydrogen) atoms. The van der Waals surface area contributed by atoms with Crippen LogP contribution in [0.5, 0.6) is 0 Å². The average molecular weight is 284 g/mol. The fraction of sp³-hybridized carbons (Fsp3) is 0.333. The van der Waals surface area contributed by atoms with Crippen LogP contribution in [0.2, 0.25) is 0 Å². The van der Waals surface area contributed by atoms with Crippen molar-refractivity contribution in [2.24, 2.45) is 5.92 Å². The number of aromatic nitrogens is 4. The van der Waals surface area contributed by atoms with Gasteiger partial charge >= 0.3 is 5.97 Å². The van der Waals surface area contributed by atoms with E-state index in [0.717, 1.165) is 18.2 Å². The predicted molar refractivity (Wildman–Crippen MR) is 77.5 cm³/mol. The van der Waals surface area contributed by atoms with Crippen molar-refractivity contribution in [2.75, 3.05) is 0 Å². The molecule has 0 unspecified atom stereocenters. The van der Waals surface area contributed by atoms with Gasteiger partial charge in [0.1, 0.15) is 6.33 Å². The van der Waals surface area contributed by atoms with Crippen molar-refractivity contribution < 1.29 is 9.90 Å². The number of carbonyl (C=O) groups is 1. The van der Waals surface area contributed by atoms with Crippen LogP contribution in [-0.4, -0.2) is 30.8 Å². The lowest BCUT2D eigenvalue weighted by molar-refractivity contribution is 0.0690. The van der Waals surface area contributed by atoms with Crippen LogP contribution < -0.4 is 0 Å². The Kier molecular flexibility index (Phi) is 3.77. The highest BCUT2D eigenvalue weighted by Gasteiger charge is 2.18. The first-order valence-corrected chi connectivity index (χ1v) is 6.97. The van der Waals surface area contributed by atoms with Gasteiger partial charge in [0, 0.05) is 12.7 Å². The lowest BCUT2D eigenvalue weighted by atomic mass is 9.85. The zero-order valence-electron chi connectivity index (χ0n) is 11.5. The van der Waals surface area contributed by atoms with Gasteiger partial charge in [-0.15, -0.1) is 0 Å². The summed E-state index contributed by atoms with van der Waals surface area (Å²) in [5.41, 5.74) is 1.56. The summed E-state index contributed by atoms with van der Waals surface area (Å²) in [6.45, 7) is 0.941. The maximum absolute atomic E-state index is 10.9. The number of hydrogen-bond donors (Lipinski definition) is 1. The molecular weight excluding hydrogens is 268 g/mol. The second kappa shape index (κ2) is 5.87. The highest BCUT2D eigenvalue weighted by Crippen LogP contribution is 2.28. The minimum absolute atomic E-state index is 0.00683. The van der Waals surface area contributed by atoms with Crippen molar-refractivity contribution in [2.45, 2.75) is 25.8 Å². The van der Waals surface area contributed by atoms with E-state index in [0.29, 0.717) is 5.69 Å². The molecule has 1 fully saturated rings. The van der Waals surface area contributed by atoms with Crippen LogP contribution in [0, 0.1) is 5.92 Å². The van der Waals surface area contributed by atoms with Crippen LogP contribution >= 0.6 is 0 Å². The summed E-state index contributed by atoms with van der Waals surface area (Å²) in [6.07, 6.45) is 10.6. The molecular formula is C15H16N4O2. The molecule has 1 saturated carbocycles. The van der Waals surface area contributed by atoms with Crippen molar-refractivity contribution in [1.82, 2.24) is 19.7 Å². The van der Waals surface area contributed by atoms with Crippen LogP contribution in [0.3, 0.4) is 0 Å². The molecule has 0 aromatic carbocycles. The Morgan fingerprint density at radius 3 is 2.95 bits per heavy atom. The Morgan fingerprint density at radius 2 is 2.24 bits per heavy atom. The molecule has 3 rings (SSSR count). The SMILES string of the molecule is O=C(O)c1cc(/C=C/c2ccnn2CC2CCC2)ncn1. The van der Waals surface area contributed by atoms with E-state index in [4.69, 9.17) is 5.11 Å². The van der Waals surface area contributed by atoms with Crippen molar-refractivity contribution >= 4 is 18.1 Å². The van der Waals surface area contributed by atoms with Gasteiger partial charge in [-0.05, 0) is 43.0 Å². The topological polar surface area (TPSA) is 80.9 Å². The number of hydrogen-bond acceptors (Lipinski definition) is 4. The van der Waals surface area contributed by atoms with E-state index < -0.39 is 5.97 Å². The van der Waals surface area contributed by atoms with Gasteiger partial charge in [-0.25, -0.2) is 14.8 Å². The second-order valence-corrected chi connectivity index (χ2v) is 5.20. The fourth-order valence-electron chi connectivity index (χ4n) is 2.31. The molecule has 0 amide bonds. The maximum atomic E-state index is 10.9. The highest BCUT2D eigenvalue weighted by molar-refractivity contribution is 5.86. The third-order valence-corrected chi connectivity index (χ3v) is 3.74. The largest absolute Gasteiger partial charge is 0.477 e. The van der Waals surface area contributed by atoms with E-state index in [9.17, 15) is 4.79 Å². The lowest BCUT2D eigenvalue weighted by Crippen LogP contribution is -2.19. The maximum Gasteiger partial charge on any atom is 0.354 e. The minimum Gasteiger partial charge on any atom is -0.477 e. The number of aromatic carboxylic acids is 1. The van der Waals surface area contributed by atoms with Gasteiger partial charge in [-0.1, -0.05) is 6.42 Å². The van der Waals surface area contributed by atoms with Gasteiger partial charge in [0.15, 0.2) is 5.69 Å². The van der Waals surface area contributed by atoms with E-state index in [1.807, 2.05) is 16.8 Å². The monoisotopic (exact) mass is 284 g/mol. The van der Waals surface area contributed by atoms with Crippen LogP contribution in [0.15, 0.2) is 24.7 Å². The van der Waals surface area contributed by atoms with Crippen molar-refractivity contribution in [3.8, 4) is 0 Å². The molecule has 6 nitrogen and oxygen atoms in total.